The van der Waals surface area contributed by atoms with Gasteiger partial charge in [-0.05, 0) is 38.4 Å². The van der Waals surface area contributed by atoms with Gasteiger partial charge in [-0.1, -0.05) is 36.4 Å². The Morgan fingerprint density at radius 2 is 1.07 bits per heavy atom. The van der Waals surface area contributed by atoms with Crippen molar-refractivity contribution in [1.82, 2.24) is 10.0 Å². The number of rotatable bonds is 4. The number of thiol groups is 2. The summed E-state index contributed by atoms with van der Waals surface area (Å²) in [6.45, 7) is 0. The molecule has 2 aromatic rings. The van der Waals surface area contributed by atoms with Crippen molar-refractivity contribution in [3.63, 3.8) is 0 Å². The molecule has 0 bridgehead atoms. The molecule has 0 aliphatic carbocycles. The fourth-order valence-corrected chi connectivity index (χ4v) is 2.57. The zero-order valence-corrected chi connectivity index (χ0v) is 18.0. The summed E-state index contributed by atoms with van der Waals surface area (Å²) in [6, 6.07) is 18.6. The van der Waals surface area contributed by atoms with E-state index in [0.29, 0.717) is 9.98 Å². The first-order valence-electron chi connectivity index (χ1n) is 8.07. The number of hydrogen-bond acceptors (Lipinski definition) is 2. The van der Waals surface area contributed by atoms with Gasteiger partial charge >= 0.3 is 0 Å². The molecule has 2 aromatic carbocycles. The average molecular weight is 464 g/mol. The summed E-state index contributed by atoms with van der Waals surface area (Å²) in [6.07, 6.45) is -0.444. The van der Waals surface area contributed by atoms with Crippen molar-refractivity contribution in [2.45, 2.75) is 6.42 Å². The van der Waals surface area contributed by atoms with Crippen LogP contribution in [0.15, 0.2) is 60.7 Å². The number of amides is 2. The third-order valence-electron chi connectivity index (χ3n) is 3.50. The van der Waals surface area contributed by atoms with Gasteiger partial charge < -0.3 is 30.5 Å². The van der Waals surface area contributed by atoms with Crippen LogP contribution in [-0.4, -0.2) is 45.9 Å². The van der Waals surface area contributed by atoms with E-state index in [0.717, 1.165) is 11.1 Å². The largest absolute Gasteiger partial charge is 0.581 e. The predicted molar refractivity (Wildman–Crippen MR) is 115 cm³/mol. The molecule has 9 heteroatoms. The van der Waals surface area contributed by atoms with Gasteiger partial charge in [-0.2, -0.15) is 0 Å². The maximum absolute atomic E-state index is 12.0. The summed E-state index contributed by atoms with van der Waals surface area (Å²) in [5, 5.41) is 2.66. The zero-order chi connectivity index (χ0) is 19.8. The van der Waals surface area contributed by atoms with Gasteiger partial charge in [0.1, 0.15) is 0 Å². The summed E-state index contributed by atoms with van der Waals surface area (Å²) in [7, 11) is 3.19. The molecule has 0 atom stereocenters. The molecule has 1 radical (unpaired) electrons. The normalized spacial score (nSPS) is 10.1. The SMILES string of the molecule is CN([N-]C(=O)CC(=O)[N-]N(C)C(=[SH+])c1ccccc1)C(=[SH+])c1ccccc1.[Cu]. The molecule has 0 saturated heterocycles. The van der Waals surface area contributed by atoms with E-state index in [2.05, 4.69) is 35.3 Å². The van der Waals surface area contributed by atoms with E-state index in [4.69, 9.17) is 0 Å². The second kappa shape index (κ2) is 11.8. The van der Waals surface area contributed by atoms with Crippen molar-refractivity contribution in [2.24, 2.45) is 0 Å². The number of hydrogen-bond donors (Lipinski definition) is 0. The van der Waals surface area contributed by atoms with Gasteiger partial charge in [0, 0.05) is 23.5 Å². The second-order valence-corrected chi connectivity index (χ2v) is 6.44. The Bertz CT molecular complexity index is 765. The number of nitrogens with zero attached hydrogens (tertiary/aromatic N) is 4. The topological polar surface area (TPSA) is 68.8 Å². The van der Waals surface area contributed by atoms with Crippen LogP contribution in [0.2, 0.25) is 0 Å². The molecule has 0 aromatic heterocycles. The van der Waals surface area contributed by atoms with E-state index < -0.39 is 18.2 Å². The minimum Gasteiger partial charge on any atom is -0.581 e. The molecular formula is C19H20CuN4O2S2. The monoisotopic (exact) mass is 463 g/mol. The molecule has 0 spiro atoms. The van der Waals surface area contributed by atoms with Crippen LogP contribution >= 0.6 is 0 Å². The van der Waals surface area contributed by atoms with Crippen molar-refractivity contribution in [2.75, 3.05) is 14.1 Å². The van der Waals surface area contributed by atoms with Gasteiger partial charge in [0.15, 0.2) is 24.4 Å². The first kappa shape index (κ1) is 24.0. The number of carbonyl (C=O) groups is 2. The zero-order valence-electron chi connectivity index (χ0n) is 15.3. The Hall–Kier alpha value is -2.00. The smallest absolute Gasteiger partial charge is 0.263 e. The Balaban J connectivity index is 0.00000392. The van der Waals surface area contributed by atoms with Crippen LogP contribution in [0.5, 0.6) is 0 Å². The average Bonchev–Trinajstić information content (AvgIpc) is 2.67. The van der Waals surface area contributed by atoms with Crippen LogP contribution < -0.4 is 0 Å². The third kappa shape index (κ3) is 7.20. The fourth-order valence-electron chi connectivity index (χ4n) is 2.18. The van der Waals surface area contributed by atoms with Crippen LogP contribution in [0.1, 0.15) is 17.5 Å². The standard InChI is InChI=1S/C19H20N4O2S2.Cu/c1-22(18(26)14-9-5-3-6-10-14)20-16(24)13-17(25)21-23(2)19(27)15-11-7-4-8-12-15;/h3-12H,13H2,1-2H3,(H2,20,21,24,25);. The Morgan fingerprint density at radius 1 is 0.750 bits per heavy atom. The van der Waals surface area contributed by atoms with Crippen LogP contribution in [0, 0.1) is 0 Å². The van der Waals surface area contributed by atoms with Gasteiger partial charge in [-0.25, -0.2) is 0 Å². The van der Waals surface area contributed by atoms with Crippen LogP contribution in [0.4, 0.5) is 0 Å². The summed E-state index contributed by atoms with van der Waals surface area (Å²) in [5.41, 5.74) is 9.34. The molecule has 0 aliphatic heterocycles. The fraction of sp³-hybridized carbons (Fsp3) is 0.158. The number of benzene rings is 2. The van der Waals surface area contributed by atoms with Crippen molar-refractivity contribution in [3.05, 3.63) is 82.6 Å². The summed E-state index contributed by atoms with van der Waals surface area (Å²) >= 11 is 8.74. The Morgan fingerprint density at radius 3 is 1.39 bits per heavy atom. The molecule has 0 aliphatic rings. The molecule has 28 heavy (non-hydrogen) atoms. The first-order chi connectivity index (χ1) is 12.9. The maximum Gasteiger partial charge on any atom is 0.263 e. The van der Waals surface area contributed by atoms with Crippen molar-refractivity contribution >= 4 is 46.2 Å². The maximum atomic E-state index is 12.0. The van der Waals surface area contributed by atoms with E-state index in [1.165, 1.54) is 10.0 Å². The summed E-state index contributed by atoms with van der Waals surface area (Å²) < 4.78 is 0. The van der Waals surface area contributed by atoms with Crippen LogP contribution in [-0.2, 0) is 51.1 Å². The predicted octanol–water partition coefficient (Wildman–Crippen LogP) is 1.78. The van der Waals surface area contributed by atoms with Gasteiger partial charge in [-0.15, -0.1) is 0 Å². The summed E-state index contributed by atoms with van der Waals surface area (Å²) in [4.78, 5) is 25.1. The molecule has 0 N–H and O–H groups in total. The molecule has 151 valence electrons. The van der Waals surface area contributed by atoms with Crippen LogP contribution in [0.3, 0.4) is 0 Å². The van der Waals surface area contributed by atoms with E-state index in [1.54, 1.807) is 14.1 Å². The quantitative estimate of drug-likeness (QED) is 0.173. The van der Waals surface area contributed by atoms with Crippen molar-refractivity contribution in [1.29, 1.82) is 0 Å². The van der Waals surface area contributed by atoms with E-state index in [9.17, 15) is 9.59 Å². The van der Waals surface area contributed by atoms with Gasteiger partial charge in [0.2, 0.25) is 0 Å². The van der Waals surface area contributed by atoms with Gasteiger partial charge in [0.25, 0.3) is 9.98 Å². The Labute approximate surface area is 185 Å². The van der Waals surface area contributed by atoms with E-state index in [-0.39, 0.29) is 17.1 Å². The molecule has 6 nitrogen and oxygen atoms in total. The first-order valence-corrected chi connectivity index (χ1v) is 8.97. The van der Waals surface area contributed by atoms with Gasteiger partial charge in [0.05, 0.1) is 22.9 Å². The molecule has 2 amide bonds. The second-order valence-electron chi connectivity index (χ2n) is 5.59. The summed E-state index contributed by atoms with van der Waals surface area (Å²) in [5.74, 6) is -1.22. The number of carbonyl (C=O) groups excluding carboxylic acids is 2. The molecule has 2 rings (SSSR count). The minimum atomic E-state index is -0.609. The van der Waals surface area contributed by atoms with Crippen molar-refractivity contribution < 1.29 is 26.7 Å². The van der Waals surface area contributed by atoms with E-state index >= 15 is 0 Å². The Kier molecular flexibility index (Phi) is 10.1. The molecular weight excluding hydrogens is 444 g/mol. The molecule has 0 unspecified atom stereocenters. The molecule has 0 saturated carbocycles. The molecule has 0 fully saturated rings. The van der Waals surface area contributed by atoms with Gasteiger partial charge in [-0.3, -0.25) is 0 Å². The van der Waals surface area contributed by atoms with E-state index in [1.807, 2.05) is 60.7 Å². The van der Waals surface area contributed by atoms with Crippen LogP contribution in [0.25, 0.3) is 10.9 Å². The third-order valence-corrected chi connectivity index (χ3v) is 4.60. The minimum absolute atomic E-state index is 0. The molecule has 0 heterocycles. The van der Waals surface area contributed by atoms with Crippen molar-refractivity contribution in [3.8, 4) is 0 Å².